The average molecular weight is 286 g/mol. The molecule has 0 atom stereocenters. The van der Waals surface area contributed by atoms with Gasteiger partial charge < -0.3 is 15.3 Å². The van der Waals surface area contributed by atoms with Gasteiger partial charge in [0.15, 0.2) is 5.69 Å². The average Bonchev–Trinajstić information content (AvgIpc) is 2.45. The number of pyridine rings is 2. The van der Waals surface area contributed by atoms with Crippen LogP contribution in [0.15, 0.2) is 30.6 Å². The first-order valence-electron chi connectivity index (χ1n) is 6.53. The van der Waals surface area contributed by atoms with Crippen LogP contribution in [0.1, 0.15) is 21.7 Å². The Balaban J connectivity index is 2.05. The van der Waals surface area contributed by atoms with Gasteiger partial charge in [-0.25, -0.2) is 4.98 Å². The van der Waals surface area contributed by atoms with E-state index in [4.69, 9.17) is 0 Å². The Kier molecular flexibility index (Phi) is 4.37. The van der Waals surface area contributed by atoms with Gasteiger partial charge in [-0.2, -0.15) is 0 Å². The predicted octanol–water partition coefficient (Wildman–Crippen LogP) is 1.49. The molecule has 0 fully saturated rings. The second kappa shape index (κ2) is 6.21. The molecule has 2 N–H and O–H groups in total. The number of carbonyl (C=O) groups excluding carboxylic acids is 1. The van der Waals surface area contributed by atoms with E-state index < -0.39 is 5.91 Å². The van der Waals surface area contributed by atoms with Gasteiger partial charge in [0.1, 0.15) is 5.75 Å². The number of anilines is 1. The minimum Gasteiger partial charge on any atom is -0.505 e. The summed E-state index contributed by atoms with van der Waals surface area (Å²) < 4.78 is 0. The first-order chi connectivity index (χ1) is 9.97. The van der Waals surface area contributed by atoms with E-state index >= 15 is 0 Å². The Hall–Kier alpha value is -2.63. The fourth-order valence-electron chi connectivity index (χ4n) is 1.82. The molecule has 2 rings (SSSR count). The number of rotatable bonds is 4. The van der Waals surface area contributed by atoms with Crippen molar-refractivity contribution in [1.82, 2.24) is 15.3 Å². The molecule has 2 aromatic rings. The van der Waals surface area contributed by atoms with Crippen molar-refractivity contribution in [1.29, 1.82) is 0 Å². The molecule has 0 unspecified atom stereocenters. The summed E-state index contributed by atoms with van der Waals surface area (Å²) in [5.74, 6) is -0.549. The molecule has 0 aliphatic rings. The maximum absolute atomic E-state index is 12.0. The molecule has 6 nitrogen and oxygen atoms in total. The molecule has 0 aromatic carbocycles. The van der Waals surface area contributed by atoms with E-state index in [1.165, 1.54) is 6.07 Å². The number of amides is 1. The molecule has 2 heterocycles. The van der Waals surface area contributed by atoms with Crippen molar-refractivity contribution in [3.63, 3.8) is 0 Å². The first-order valence-corrected chi connectivity index (χ1v) is 6.53. The quantitative estimate of drug-likeness (QED) is 0.890. The monoisotopic (exact) mass is 286 g/mol. The fraction of sp³-hybridized carbons (Fsp3) is 0.267. The van der Waals surface area contributed by atoms with Crippen LogP contribution in [0.4, 0.5) is 5.69 Å². The largest absolute Gasteiger partial charge is 0.505 e. The van der Waals surface area contributed by atoms with Crippen molar-refractivity contribution >= 4 is 11.6 Å². The summed E-state index contributed by atoms with van der Waals surface area (Å²) >= 11 is 0. The van der Waals surface area contributed by atoms with Crippen molar-refractivity contribution < 1.29 is 9.90 Å². The van der Waals surface area contributed by atoms with Gasteiger partial charge in [-0.3, -0.25) is 9.78 Å². The second-order valence-electron chi connectivity index (χ2n) is 4.96. The number of nitrogens with zero attached hydrogens (tertiary/aromatic N) is 3. The summed E-state index contributed by atoms with van der Waals surface area (Å²) in [6.45, 7) is 2.07. The molecular formula is C15H18N4O2. The summed E-state index contributed by atoms with van der Waals surface area (Å²) in [5, 5.41) is 12.4. The molecule has 21 heavy (non-hydrogen) atoms. The van der Waals surface area contributed by atoms with Crippen molar-refractivity contribution in [3.8, 4) is 5.75 Å². The van der Waals surface area contributed by atoms with Crippen LogP contribution < -0.4 is 10.2 Å². The molecule has 0 saturated heterocycles. The Morgan fingerprint density at radius 2 is 2.10 bits per heavy atom. The number of aryl methyl sites for hydroxylation is 1. The normalized spacial score (nSPS) is 10.2. The Morgan fingerprint density at radius 3 is 2.76 bits per heavy atom. The van der Waals surface area contributed by atoms with Crippen LogP contribution in [-0.2, 0) is 6.54 Å². The summed E-state index contributed by atoms with van der Waals surface area (Å²) in [6, 6.07) is 5.29. The zero-order valence-corrected chi connectivity index (χ0v) is 12.3. The zero-order valence-electron chi connectivity index (χ0n) is 12.3. The third-order valence-corrected chi connectivity index (χ3v) is 2.97. The highest BCUT2D eigenvalue weighted by Gasteiger charge is 2.12. The van der Waals surface area contributed by atoms with Crippen molar-refractivity contribution in [2.45, 2.75) is 13.5 Å². The maximum atomic E-state index is 12.0. The van der Waals surface area contributed by atoms with Crippen molar-refractivity contribution in [2.75, 3.05) is 19.0 Å². The molecule has 0 aliphatic heterocycles. The molecule has 6 heteroatoms. The van der Waals surface area contributed by atoms with Crippen LogP contribution >= 0.6 is 0 Å². The lowest BCUT2D eigenvalue weighted by molar-refractivity contribution is 0.0942. The van der Waals surface area contributed by atoms with Crippen LogP contribution in [0.2, 0.25) is 0 Å². The molecular weight excluding hydrogens is 268 g/mol. The van der Waals surface area contributed by atoms with E-state index in [0.29, 0.717) is 0 Å². The van der Waals surface area contributed by atoms with Crippen molar-refractivity contribution in [3.05, 3.63) is 47.5 Å². The highest BCUT2D eigenvalue weighted by molar-refractivity contribution is 5.94. The minimum atomic E-state index is -0.426. The fourth-order valence-corrected chi connectivity index (χ4v) is 1.82. The van der Waals surface area contributed by atoms with Gasteiger partial charge in [0.25, 0.3) is 5.91 Å². The molecule has 1 amide bonds. The summed E-state index contributed by atoms with van der Waals surface area (Å²) in [4.78, 5) is 22.1. The lowest BCUT2D eigenvalue weighted by Crippen LogP contribution is -2.24. The van der Waals surface area contributed by atoms with Gasteiger partial charge >= 0.3 is 0 Å². The highest BCUT2D eigenvalue weighted by atomic mass is 16.3. The Bertz CT molecular complexity index is 656. The summed E-state index contributed by atoms with van der Waals surface area (Å²) in [5.41, 5.74) is 2.56. The molecule has 0 spiro atoms. The second-order valence-corrected chi connectivity index (χ2v) is 4.96. The summed E-state index contributed by atoms with van der Waals surface area (Å²) in [7, 11) is 3.87. The van der Waals surface area contributed by atoms with Crippen LogP contribution in [-0.4, -0.2) is 35.1 Å². The maximum Gasteiger partial charge on any atom is 0.274 e. The molecule has 2 aromatic heterocycles. The van der Waals surface area contributed by atoms with Gasteiger partial charge in [0.2, 0.25) is 0 Å². The molecule has 0 aliphatic carbocycles. The van der Waals surface area contributed by atoms with Crippen LogP contribution in [0, 0.1) is 6.92 Å². The van der Waals surface area contributed by atoms with Gasteiger partial charge in [-0.15, -0.1) is 0 Å². The lowest BCUT2D eigenvalue weighted by atomic mass is 10.2. The molecule has 0 radical (unpaired) electrons. The van der Waals surface area contributed by atoms with E-state index in [9.17, 15) is 9.90 Å². The number of hydrogen-bond donors (Lipinski definition) is 2. The van der Waals surface area contributed by atoms with Gasteiger partial charge in [0, 0.05) is 32.2 Å². The molecule has 0 saturated carbocycles. The number of carbonyl (C=O) groups is 1. The smallest absolute Gasteiger partial charge is 0.274 e. The topological polar surface area (TPSA) is 78.4 Å². The third kappa shape index (κ3) is 3.68. The van der Waals surface area contributed by atoms with Gasteiger partial charge in [-0.05, 0) is 30.7 Å². The van der Waals surface area contributed by atoms with Crippen LogP contribution in [0.5, 0.6) is 5.75 Å². The number of aromatic hydroxyl groups is 1. The number of aromatic nitrogens is 2. The van der Waals surface area contributed by atoms with E-state index in [1.54, 1.807) is 19.3 Å². The van der Waals surface area contributed by atoms with E-state index in [1.807, 2.05) is 31.1 Å². The number of nitrogens with one attached hydrogen (secondary N) is 1. The Morgan fingerprint density at radius 1 is 1.33 bits per heavy atom. The van der Waals surface area contributed by atoms with Gasteiger partial charge in [0.05, 0.1) is 12.2 Å². The van der Waals surface area contributed by atoms with Gasteiger partial charge in [-0.1, -0.05) is 0 Å². The Labute approximate surface area is 123 Å². The zero-order chi connectivity index (χ0) is 15.4. The molecule has 0 bridgehead atoms. The summed E-state index contributed by atoms with van der Waals surface area (Å²) in [6.07, 6.45) is 3.23. The minimum absolute atomic E-state index is 0.0179. The van der Waals surface area contributed by atoms with E-state index in [2.05, 4.69) is 15.3 Å². The molecule has 110 valence electrons. The standard InChI is InChI=1S/C15H18N4O2/c1-10-6-13(20)14(17-8-10)15(21)18-9-11-7-12(19(2)3)4-5-16-11/h4-8,20H,9H2,1-3H3,(H,18,21). The third-order valence-electron chi connectivity index (χ3n) is 2.97. The SMILES string of the molecule is Cc1cnc(C(=O)NCc2cc(N(C)C)ccn2)c(O)c1. The van der Waals surface area contributed by atoms with Crippen LogP contribution in [0.3, 0.4) is 0 Å². The predicted molar refractivity (Wildman–Crippen MR) is 80.4 cm³/mol. The van der Waals surface area contributed by atoms with Crippen molar-refractivity contribution in [2.24, 2.45) is 0 Å². The lowest BCUT2D eigenvalue weighted by Gasteiger charge is -2.13. The van der Waals surface area contributed by atoms with E-state index in [0.717, 1.165) is 16.9 Å². The number of hydrogen-bond acceptors (Lipinski definition) is 5. The van der Waals surface area contributed by atoms with Crippen LogP contribution in [0.25, 0.3) is 0 Å². The highest BCUT2D eigenvalue weighted by Crippen LogP contribution is 2.15. The first kappa shape index (κ1) is 14.8. The van der Waals surface area contributed by atoms with E-state index in [-0.39, 0.29) is 18.0 Å².